The number of anilines is 1. The molecule has 1 aromatic carbocycles. The molecule has 0 unspecified atom stereocenters. The first-order chi connectivity index (χ1) is 12.9. The zero-order valence-electron chi connectivity index (χ0n) is 16.0. The van der Waals surface area contributed by atoms with Crippen LogP contribution in [-0.4, -0.2) is 37.8 Å². The standard InChI is InChI=1S/C20H24N6O/c1-11-8-15-16(9-12(11)2)23-17(22-15)10-26(3)19(27)18-13-6-4-5-7-14(13)24-20(21)25-18/h8-9H,4-7,10H2,1-3H3,(H,22,23)(H2,21,24,25). The van der Waals surface area contributed by atoms with Crippen molar-refractivity contribution in [3.63, 3.8) is 0 Å². The highest BCUT2D eigenvalue weighted by atomic mass is 16.2. The van der Waals surface area contributed by atoms with Crippen LogP contribution < -0.4 is 5.73 Å². The van der Waals surface area contributed by atoms with Crippen molar-refractivity contribution in [2.75, 3.05) is 12.8 Å². The molecule has 0 bridgehead atoms. The van der Waals surface area contributed by atoms with Crippen molar-refractivity contribution in [3.05, 3.63) is 46.0 Å². The number of carbonyl (C=O) groups is 1. The number of benzene rings is 1. The lowest BCUT2D eigenvalue weighted by Crippen LogP contribution is -2.30. The highest BCUT2D eigenvalue weighted by Gasteiger charge is 2.24. The normalized spacial score (nSPS) is 13.6. The number of nitrogen functional groups attached to an aromatic ring is 1. The van der Waals surface area contributed by atoms with E-state index in [1.54, 1.807) is 11.9 Å². The number of H-pyrrole nitrogens is 1. The molecule has 0 spiro atoms. The molecule has 0 radical (unpaired) electrons. The van der Waals surface area contributed by atoms with Gasteiger partial charge in [-0.2, -0.15) is 0 Å². The van der Waals surface area contributed by atoms with Crippen LogP contribution in [0.15, 0.2) is 12.1 Å². The van der Waals surface area contributed by atoms with E-state index in [0.29, 0.717) is 12.2 Å². The van der Waals surface area contributed by atoms with Gasteiger partial charge < -0.3 is 15.6 Å². The van der Waals surface area contributed by atoms with Gasteiger partial charge in [-0.1, -0.05) is 0 Å². The van der Waals surface area contributed by atoms with Gasteiger partial charge in [0.2, 0.25) is 5.95 Å². The fourth-order valence-corrected chi connectivity index (χ4v) is 3.66. The largest absolute Gasteiger partial charge is 0.368 e. The summed E-state index contributed by atoms with van der Waals surface area (Å²) < 4.78 is 0. The van der Waals surface area contributed by atoms with Crippen LogP contribution in [0.3, 0.4) is 0 Å². The highest BCUT2D eigenvalue weighted by Crippen LogP contribution is 2.24. The number of hydrogen-bond donors (Lipinski definition) is 2. The van der Waals surface area contributed by atoms with Crippen LogP contribution in [0.4, 0.5) is 5.95 Å². The number of amides is 1. The van der Waals surface area contributed by atoms with Crippen LogP contribution in [0.25, 0.3) is 11.0 Å². The third-order valence-electron chi connectivity index (χ3n) is 5.28. The van der Waals surface area contributed by atoms with Gasteiger partial charge in [-0.15, -0.1) is 0 Å². The fraction of sp³-hybridized carbons (Fsp3) is 0.400. The van der Waals surface area contributed by atoms with Gasteiger partial charge in [-0.3, -0.25) is 4.79 Å². The van der Waals surface area contributed by atoms with E-state index in [-0.39, 0.29) is 11.9 Å². The van der Waals surface area contributed by atoms with Crippen LogP contribution in [0.2, 0.25) is 0 Å². The molecule has 0 fully saturated rings. The van der Waals surface area contributed by atoms with Crippen LogP contribution in [0.1, 0.15) is 51.5 Å². The Labute approximate surface area is 158 Å². The average Bonchev–Trinajstić information content (AvgIpc) is 3.01. The predicted molar refractivity (Wildman–Crippen MR) is 104 cm³/mol. The molecular weight excluding hydrogens is 340 g/mol. The smallest absolute Gasteiger partial charge is 0.273 e. The highest BCUT2D eigenvalue weighted by molar-refractivity contribution is 5.94. The van der Waals surface area contributed by atoms with Gasteiger partial charge in [0.25, 0.3) is 5.91 Å². The van der Waals surface area contributed by atoms with E-state index in [9.17, 15) is 4.79 Å². The van der Waals surface area contributed by atoms with Gasteiger partial charge in [0.05, 0.1) is 17.6 Å². The summed E-state index contributed by atoms with van der Waals surface area (Å²) in [5.74, 6) is 0.777. The molecule has 0 atom stereocenters. The van der Waals surface area contributed by atoms with Crippen molar-refractivity contribution < 1.29 is 4.79 Å². The summed E-state index contributed by atoms with van der Waals surface area (Å²) in [7, 11) is 1.76. The summed E-state index contributed by atoms with van der Waals surface area (Å²) in [5, 5.41) is 0. The van der Waals surface area contributed by atoms with Crippen molar-refractivity contribution in [3.8, 4) is 0 Å². The molecule has 0 aliphatic heterocycles. The van der Waals surface area contributed by atoms with Gasteiger partial charge in [0.15, 0.2) is 0 Å². The Bertz CT molecular complexity index is 1000. The third kappa shape index (κ3) is 3.25. The molecule has 0 saturated heterocycles. The maximum Gasteiger partial charge on any atom is 0.273 e. The SMILES string of the molecule is Cc1cc2nc(CN(C)C(=O)c3nc(N)nc4c3CCCC4)[nH]c2cc1C. The molecule has 0 saturated carbocycles. The van der Waals surface area contributed by atoms with E-state index in [2.05, 4.69) is 45.9 Å². The number of carbonyl (C=O) groups excluding carboxylic acids is 1. The lowest BCUT2D eigenvalue weighted by molar-refractivity contribution is 0.0774. The molecule has 27 heavy (non-hydrogen) atoms. The molecule has 140 valence electrons. The zero-order valence-corrected chi connectivity index (χ0v) is 16.0. The number of fused-ring (bicyclic) bond motifs is 2. The first kappa shape index (κ1) is 17.5. The Morgan fingerprint density at radius 2 is 1.89 bits per heavy atom. The zero-order chi connectivity index (χ0) is 19.1. The predicted octanol–water partition coefficient (Wildman–Crippen LogP) is 2.70. The molecule has 2 aromatic heterocycles. The Morgan fingerprint density at radius 1 is 1.15 bits per heavy atom. The molecule has 1 aliphatic carbocycles. The van der Waals surface area contributed by atoms with Crippen LogP contribution in [0.5, 0.6) is 0 Å². The number of imidazole rings is 1. The minimum absolute atomic E-state index is 0.143. The summed E-state index contributed by atoms with van der Waals surface area (Å²) in [5.41, 5.74) is 12.5. The minimum atomic E-state index is -0.143. The number of nitrogens with zero attached hydrogens (tertiary/aromatic N) is 4. The fourth-order valence-electron chi connectivity index (χ4n) is 3.66. The number of nitrogens with one attached hydrogen (secondary N) is 1. The summed E-state index contributed by atoms with van der Waals surface area (Å²) in [6, 6.07) is 4.15. The summed E-state index contributed by atoms with van der Waals surface area (Å²) in [6.45, 7) is 4.53. The minimum Gasteiger partial charge on any atom is -0.368 e. The Kier molecular flexibility index (Phi) is 4.30. The topological polar surface area (TPSA) is 101 Å². The Balaban J connectivity index is 1.61. The Morgan fingerprint density at radius 3 is 2.70 bits per heavy atom. The molecule has 3 N–H and O–H groups in total. The number of aromatic nitrogens is 4. The number of nitrogens with two attached hydrogens (primary N) is 1. The molecule has 1 aliphatic rings. The van der Waals surface area contributed by atoms with Crippen molar-refractivity contribution in [2.24, 2.45) is 0 Å². The van der Waals surface area contributed by atoms with Crippen LogP contribution in [-0.2, 0) is 19.4 Å². The van der Waals surface area contributed by atoms with Gasteiger partial charge in [-0.05, 0) is 62.8 Å². The monoisotopic (exact) mass is 364 g/mol. The second-order valence-corrected chi connectivity index (χ2v) is 7.36. The van der Waals surface area contributed by atoms with E-state index < -0.39 is 0 Å². The average molecular weight is 364 g/mol. The second kappa shape index (κ2) is 6.64. The van der Waals surface area contributed by atoms with E-state index in [1.165, 1.54) is 11.1 Å². The maximum atomic E-state index is 13.0. The molecule has 4 rings (SSSR count). The first-order valence-electron chi connectivity index (χ1n) is 9.29. The summed E-state index contributed by atoms with van der Waals surface area (Å²) >= 11 is 0. The molecule has 1 amide bonds. The van der Waals surface area contributed by atoms with Gasteiger partial charge in [0, 0.05) is 18.3 Å². The lowest BCUT2D eigenvalue weighted by atomic mass is 9.94. The second-order valence-electron chi connectivity index (χ2n) is 7.36. The van der Waals surface area contributed by atoms with Crippen molar-refractivity contribution in [1.29, 1.82) is 0 Å². The molecule has 2 heterocycles. The maximum absolute atomic E-state index is 13.0. The Hall–Kier alpha value is -2.96. The van der Waals surface area contributed by atoms with Crippen molar-refractivity contribution >= 4 is 22.9 Å². The number of aryl methyl sites for hydroxylation is 3. The summed E-state index contributed by atoms with van der Waals surface area (Å²) in [4.78, 5) is 31.2. The number of aromatic amines is 1. The first-order valence-corrected chi connectivity index (χ1v) is 9.29. The molecule has 7 nitrogen and oxygen atoms in total. The van der Waals surface area contributed by atoms with E-state index >= 15 is 0 Å². The number of hydrogen-bond acceptors (Lipinski definition) is 5. The quantitative estimate of drug-likeness (QED) is 0.744. The van der Waals surface area contributed by atoms with Gasteiger partial charge >= 0.3 is 0 Å². The van der Waals surface area contributed by atoms with Crippen LogP contribution >= 0.6 is 0 Å². The van der Waals surface area contributed by atoms with Gasteiger partial charge in [-0.25, -0.2) is 15.0 Å². The third-order valence-corrected chi connectivity index (χ3v) is 5.28. The van der Waals surface area contributed by atoms with E-state index in [4.69, 9.17) is 5.73 Å². The molecule has 3 aromatic rings. The van der Waals surface area contributed by atoms with Crippen LogP contribution in [0, 0.1) is 13.8 Å². The van der Waals surface area contributed by atoms with E-state index in [0.717, 1.165) is 53.8 Å². The lowest BCUT2D eigenvalue weighted by Gasteiger charge is -2.21. The van der Waals surface area contributed by atoms with Gasteiger partial charge in [0.1, 0.15) is 11.5 Å². The van der Waals surface area contributed by atoms with E-state index in [1.807, 2.05) is 0 Å². The van der Waals surface area contributed by atoms with Crippen molar-refractivity contribution in [1.82, 2.24) is 24.8 Å². The molecule has 7 heteroatoms. The molecular formula is C20H24N6O. The summed E-state index contributed by atoms with van der Waals surface area (Å²) in [6.07, 6.45) is 3.80. The van der Waals surface area contributed by atoms with Crippen molar-refractivity contribution in [2.45, 2.75) is 46.1 Å². The number of rotatable bonds is 3.